The van der Waals surface area contributed by atoms with Crippen molar-refractivity contribution in [2.24, 2.45) is 0 Å². The molecule has 2 aliphatic rings. The Hall–Kier alpha value is -6.24. The van der Waals surface area contributed by atoms with Crippen LogP contribution >= 0.6 is 11.6 Å². The maximum absolute atomic E-state index is 12.4. The molecule has 8 aromatic rings. The summed E-state index contributed by atoms with van der Waals surface area (Å²) >= 11 is 7.01. The molecule has 10 nitrogen and oxygen atoms in total. The minimum atomic E-state index is -1.18. The third-order valence-electron chi connectivity index (χ3n) is 12.3. The van der Waals surface area contributed by atoms with Gasteiger partial charge in [-0.25, -0.2) is 4.98 Å². The second kappa shape index (κ2) is 18.5. The van der Waals surface area contributed by atoms with Gasteiger partial charge in [-0.2, -0.15) is 9.97 Å². The lowest BCUT2D eigenvalue weighted by Gasteiger charge is -2.37. The highest BCUT2D eigenvalue weighted by Gasteiger charge is 2.49. The zero-order chi connectivity index (χ0) is 43.4. The second-order valence-electron chi connectivity index (χ2n) is 16.2. The summed E-state index contributed by atoms with van der Waals surface area (Å²) in [5, 5.41) is 16.3. The number of rotatable bonds is 14. The van der Waals surface area contributed by atoms with Crippen molar-refractivity contribution >= 4 is 28.7 Å². The number of ether oxygens (including phenoxy) is 4. The van der Waals surface area contributed by atoms with Crippen molar-refractivity contribution in [1.29, 1.82) is 0 Å². The van der Waals surface area contributed by atoms with Gasteiger partial charge in [0.1, 0.15) is 35.0 Å². The fourth-order valence-electron chi connectivity index (χ4n) is 9.29. The monoisotopic (exact) mass is 869 g/mol. The van der Waals surface area contributed by atoms with Crippen LogP contribution in [-0.2, 0) is 30.1 Å². The Labute approximate surface area is 377 Å². The summed E-state index contributed by atoms with van der Waals surface area (Å²) in [6, 6.07) is 61.1. The predicted octanol–water partition coefficient (Wildman–Crippen LogP) is 10.1. The van der Waals surface area contributed by atoms with Crippen LogP contribution in [0.2, 0.25) is 5.15 Å². The van der Waals surface area contributed by atoms with Gasteiger partial charge in [0.2, 0.25) is 5.95 Å². The SMILES string of the molecule is O[C@H]1[C@H](OC2CCCCO2)[C@@H](COC(c2ccccc2)(c2ccccc2)c2ccccc2)O[C@H]1n1cnc2c(Cl)nc(NC(c3ccccc3)(c3ccccc3)c3ccccc3)nc21. The molecule has 0 saturated carbocycles. The highest BCUT2D eigenvalue weighted by atomic mass is 35.5. The van der Waals surface area contributed by atoms with Crippen LogP contribution in [0.25, 0.3) is 11.2 Å². The highest BCUT2D eigenvalue weighted by Crippen LogP contribution is 2.44. The zero-order valence-corrected chi connectivity index (χ0v) is 35.8. The Bertz CT molecular complexity index is 2550. The van der Waals surface area contributed by atoms with E-state index in [9.17, 15) is 5.11 Å². The second-order valence-corrected chi connectivity index (χ2v) is 16.5. The normalized spacial score (nSPS) is 20.3. The van der Waals surface area contributed by atoms with Crippen LogP contribution in [0.3, 0.4) is 0 Å². The van der Waals surface area contributed by atoms with Gasteiger partial charge in [-0.3, -0.25) is 4.57 Å². The summed E-state index contributed by atoms with van der Waals surface area (Å²) in [5.41, 5.74) is 4.52. The molecule has 6 aromatic carbocycles. The number of fused-ring (bicyclic) bond motifs is 1. The van der Waals surface area contributed by atoms with Crippen molar-refractivity contribution in [3.05, 3.63) is 227 Å². The molecule has 1 unspecified atom stereocenters. The molecular formula is C53H48ClN5O5. The third-order valence-corrected chi connectivity index (χ3v) is 12.6. The maximum Gasteiger partial charge on any atom is 0.227 e. The fraction of sp³-hybridized carbons (Fsp3) is 0.226. The number of hydrogen-bond acceptors (Lipinski definition) is 9. The first-order valence-electron chi connectivity index (χ1n) is 21.8. The van der Waals surface area contributed by atoms with Crippen LogP contribution in [0.15, 0.2) is 188 Å². The van der Waals surface area contributed by atoms with Gasteiger partial charge in [-0.15, -0.1) is 0 Å². The number of hydrogen-bond donors (Lipinski definition) is 2. The van der Waals surface area contributed by atoms with Crippen molar-refractivity contribution in [3.63, 3.8) is 0 Å². The lowest BCUT2D eigenvalue weighted by atomic mass is 9.77. The lowest BCUT2D eigenvalue weighted by molar-refractivity contribution is -0.213. The van der Waals surface area contributed by atoms with Gasteiger partial charge in [-0.1, -0.05) is 194 Å². The van der Waals surface area contributed by atoms with E-state index < -0.39 is 42.0 Å². The topological polar surface area (TPSA) is 113 Å². The van der Waals surface area contributed by atoms with Crippen LogP contribution in [0.5, 0.6) is 0 Å². The van der Waals surface area contributed by atoms with E-state index in [1.807, 2.05) is 109 Å². The van der Waals surface area contributed by atoms with Crippen LogP contribution in [0, 0.1) is 0 Å². The van der Waals surface area contributed by atoms with E-state index >= 15 is 0 Å². The van der Waals surface area contributed by atoms with E-state index in [1.165, 1.54) is 0 Å². The van der Waals surface area contributed by atoms with E-state index in [1.54, 1.807) is 10.9 Å². The first kappa shape index (κ1) is 41.8. The molecule has 2 N–H and O–H groups in total. The summed E-state index contributed by atoms with van der Waals surface area (Å²) in [5.74, 6) is 0.255. The average Bonchev–Trinajstić information content (AvgIpc) is 3.93. The predicted molar refractivity (Wildman–Crippen MR) is 247 cm³/mol. The number of nitrogens with one attached hydrogen (secondary N) is 1. The van der Waals surface area contributed by atoms with Gasteiger partial charge in [-0.05, 0) is 52.6 Å². The van der Waals surface area contributed by atoms with E-state index in [-0.39, 0.29) is 17.7 Å². The summed E-state index contributed by atoms with van der Waals surface area (Å²) < 4.78 is 28.7. The van der Waals surface area contributed by atoms with Crippen LogP contribution < -0.4 is 5.32 Å². The lowest BCUT2D eigenvalue weighted by Crippen LogP contribution is -2.43. The molecule has 0 aliphatic carbocycles. The van der Waals surface area contributed by atoms with E-state index in [4.69, 9.17) is 40.5 Å². The molecule has 322 valence electrons. The van der Waals surface area contributed by atoms with Gasteiger partial charge in [0.15, 0.2) is 23.3 Å². The number of halogens is 1. The molecule has 0 amide bonds. The first-order valence-corrected chi connectivity index (χ1v) is 22.2. The molecule has 0 radical (unpaired) electrons. The molecule has 11 heteroatoms. The molecule has 2 fully saturated rings. The fourth-order valence-corrected chi connectivity index (χ4v) is 9.51. The van der Waals surface area contributed by atoms with E-state index in [2.05, 4.69) is 83.1 Å². The standard InChI is InChI=1S/C53H48ClN5O5/c54-48-45-49(57-51(56-48)58-52(37-21-7-1-8-22-37,38-23-9-2-10-24-38)39-25-11-3-12-26-39)59(36-55-45)50-46(60)47(64-44-33-19-20-34-61-44)43(63-50)35-62-53(40-27-13-4-14-28-40,41-29-15-5-16-30-41)42-31-17-6-18-32-42/h1-18,21-32,36,43-44,46-47,50,60H,19-20,33-35H2,(H,56,57,58)/t43-,44?,46+,47-,50-/m1/s1. The Balaban J connectivity index is 1.05. The van der Waals surface area contributed by atoms with Gasteiger partial charge < -0.3 is 29.4 Å². The van der Waals surface area contributed by atoms with Crippen molar-refractivity contribution in [2.45, 2.75) is 61.2 Å². The highest BCUT2D eigenvalue weighted by molar-refractivity contribution is 6.33. The van der Waals surface area contributed by atoms with Crippen molar-refractivity contribution in [1.82, 2.24) is 19.5 Å². The van der Waals surface area contributed by atoms with Gasteiger partial charge >= 0.3 is 0 Å². The molecule has 64 heavy (non-hydrogen) atoms. The summed E-state index contributed by atoms with van der Waals surface area (Å²) in [7, 11) is 0. The number of benzene rings is 6. The number of nitrogens with zero attached hydrogens (tertiary/aromatic N) is 4. The molecule has 10 rings (SSSR count). The summed E-state index contributed by atoms with van der Waals surface area (Å²) in [6.45, 7) is 0.623. The molecule has 2 saturated heterocycles. The quantitative estimate of drug-likeness (QED) is 0.0815. The number of aliphatic hydroxyl groups excluding tert-OH is 1. The zero-order valence-electron chi connectivity index (χ0n) is 35.1. The van der Waals surface area contributed by atoms with Gasteiger partial charge in [0, 0.05) is 6.61 Å². The van der Waals surface area contributed by atoms with Crippen molar-refractivity contribution < 1.29 is 24.1 Å². The number of imidazole rings is 1. The van der Waals surface area contributed by atoms with E-state index in [0.717, 1.165) is 46.2 Å². The first-order chi connectivity index (χ1) is 31.5. The van der Waals surface area contributed by atoms with E-state index in [0.29, 0.717) is 24.2 Å². The Kier molecular flexibility index (Phi) is 12.0. The molecule has 2 aromatic heterocycles. The van der Waals surface area contributed by atoms with Crippen molar-refractivity contribution in [2.75, 3.05) is 18.5 Å². The Morgan fingerprint density at radius 2 is 1.14 bits per heavy atom. The van der Waals surface area contributed by atoms with Crippen LogP contribution in [-0.4, -0.2) is 62.4 Å². The third kappa shape index (κ3) is 7.87. The average molecular weight is 870 g/mol. The minimum absolute atomic E-state index is 0.0482. The Morgan fingerprint density at radius 1 is 0.656 bits per heavy atom. The minimum Gasteiger partial charge on any atom is -0.386 e. The number of anilines is 1. The Morgan fingerprint density at radius 3 is 1.61 bits per heavy atom. The molecule has 5 atom stereocenters. The maximum atomic E-state index is 12.4. The largest absolute Gasteiger partial charge is 0.386 e. The molecule has 0 spiro atoms. The molecular weight excluding hydrogens is 822 g/mol. The van der Waals surface area contributed by atoms with Crippen LogP contribution in [0.1, 0.15) is 58.9 Å². The molecule has 2 aliphatic heterocycles. The van der Waals surface area contributed by atoms with Crippen LogP contribution in [0.4, 0.5) is 5.95 Å². The smallest absolute Gasteiger partial charge is 0.227 e. The molecule has 4 heterocycles. The number of aliphatic hydroxyl groups is 1. The molecule has 0 bridgehead atoms. The summed E-state index contributed by atoms with van der Waals surface area (Å²) in [6.07, 6.45) is -0.114. The van der Waals surface area contributed by atoms with Gasteiger partial charge in [0.05, 0.1) is 12.9 Å². The number of aromatic nitrogens is 4. The summed E-state index contributed by atoms with van der Waals surface area (Å²) in [4.78, 5) is 14.6. The van der Waals surface area contributed by atoms with Gasteiger partial charge in [0.25, 0.3) is 0 Å². The van der Waals surface area contributed by atoms with Crippen molar-refractivity contribution in [3.8, 4) is 0 Å².